The number of nitro benzene ring substituents is 1. The van der Waals surface area contributed by atoms with E-state index < -0.39 is 10.9 Å². The molecule has 0 atom stereocenters. The third kappa shape index (κ3) is 4.37. The molecule has 0 amide bonds. The quantitative estimate of drug-likeness (QED) is 0.255. The average Bonchev–Trinajstić information content (AvgIpc) is 2.34. The predicted molar refractivity (Wildman–Crippen MR) is 67.2 cm³/mol. The maximum atomic E-state index is 11.1. The van der Waals surface area contributed by atoms with E-state index in [0.717, 1.165) is 5.56 Å². The van der Waals surface area contributed by atoms with Crippen molar-refractivity contribution in [2.75, 3.05) is 6.61 Å². The molecule has 0 radical (unpaired) electrons. The Balaban J connectivity index is 2.34. The van der Waals surface area contributed by atoms with Crippen molar-refractivity contribution in [1.82, 2.24) is 0 Å². The molecular weight excluding hydrogens is 234 g/mol. The van der Waals surface area contributed by atoms with Crippen LogP contribution in [0.25, 0.3) is 0 Å². The maximum Gasteiger partial charge on any atom is 0.333 e. The normalized spacial score (nSPS) is 9.83. The van der Waals surface area contributed by atoms with Crippen molar-refractivity contribution in [3.8, 4) is 0 Å². The van der Waals surface area contributed by atoms with Crippen molar-refractivity contribution in [2.24, 2.45) is 0 Å². The molecule has 0 spiro atoms. The van der Waals surface area contributed by atoms with Crippen LogP contribution in [0.4, 0.5) is 5.69 Å². The average molecular weight is 249 g/mol. The fourth-order valence-corrected chi connectivity index (χ4v) is 1.35. The summed E-state index contributed by atoms with van der Waals surface area (Å²) < 4.78 is 4.94. The summed E-state index contributed by atoms with van der Waals surface area (Å²) >= 11 is 0. The molecule has 0 saturated heterocycles. The van der Waals surface area contributed by atoms with Crippen LogP contribution in [-0.2, 0) is 16.0 Å². The summed E-state index contributed by atoms with van der Waals surface area (Å²) in [6.45, 7) is 5.40. The first-order chi connectivity index (χ1) is 8.50. The Morgan fingerprint density at radius 1 is 1.39 bits per heavy atom. The van der Waals surface area contributed by atoms with Gasteiger partial charge in [-0.15, -0.1) is 0 Å². The third-order valence-electron chi connectivity index (χ3n) is 2.34. The predicted octanol–water partition coefficient (Wildman–Crippen LogP) is 2.65. The highest BCUT2D eigenvalue weighted by Crippen LogP contribution is 2.13. The molecule has 0 fully saturated rings. The number of rotatable bonds is 6. The molecule has 0 heterocycles. The van der Waals surface area contributed by atoms with E-state index in [2.05, 4.69) is 6.58 Å². The SMILES string of the molecule is C=C(C)C(=O)OCCCc1ccc([N+](=O)[O-])cc1. The molecule has 1 aromatic rings. The Morgan fingerprint density at radius 3 is 2.50 bits per heavy atom. The summed E-state index contributed by atoms with van der Waals surface area (Å²) in [5.41, 5.74) is 1.43. The zero-order chi connectivity index (χ0) is 13.5. The van der Waals surface area contributed by atoms with Gasteiger partial charge in [0.05, 0.1) is 11.5 Å². The molecule has 0 bridgehead atoms. The number of hydrogen-bond donors (Lipinski definition) is 0. The highest BCUT2D eigenvalue weighted by Gasteiger charge is 2.05. The van der Waals surface area contributed by atoms with Crippen LogP contribution < -0.4 is 0 Å². The summed E-state index contributed by atoms with van der Waals surface area (Å²) in [6, 6.07) is 6.35. The summed E-state index contributed by atoms with van der Waals surface area (Å²) in [5, 5.41) is 10.5. The second-order valence-corrected chi connectivity index (χ2v) is 3.94. The van der Waals surface area contributed by atoms with Crippen molar-refractivity contribution in [3.63, 3.8) is 0 Å². The number of non-ortho nitro benzene ring substituents is 1. The molecule has 0 N–H and O–H groups in total. The van der Waals surface area contributed by atoms with Gasteiger partial charge in [0, 0.05) is 17.7 Å². The highest BCUT2D eigenvalue weighted by atomic mass is 16.6. The molecule has 0 aliphatic carbocycles. The molecule has 1 rings (SSSR count). The minimum Gasteiger partial charge on any atom is -0.462 e. The number of ether oxygens (including phenoxy) is 1. The monoisotopic (exact) mass is 249 g/mol. The highest BCUT2D eigenvalue weighted by molar-refractivity contribution is 5.86. The third-order valence-corrected chi connectivity index (χ3v) is 2.34. The van der Waals surface area contributed by atoms with Gasteiger partial charge >= 0.3 is 5.97 Å². The Hall–Kier alpha value is -2.17. The zero-order valence-corrected chi connectivity index (χ0v) is 10.2. The summed E-state index contributed by atoms with van der Waals surface area (Å²) in [4.78, 5) is 21.1. The summed E-state index contributed by atoms with van der Waals surface area (Å²) in [6.07, 6.45) is 1.39. The molecule has 5 nitrogen and oxygen atoms in total. The van der Waals surface area contributed by atoms with E-state index in [1.165, 1.54) is 12.1 Å². The molecule has 5 heteroatoms. The van der Waals surface area contributed by atoms with Crippen LogP contribution in [0.15, 0.2) is 36.4 Å². The molecule has 0 aliphatic rings. The van der Waals surface area contributed by atoms with Crippen LogP contribution in [0, 0.1) is 10.1 Å². The summed E-state index contributed by atoms with van der Waals surface area (Å²) in [7, 11) is 0. The topological polar surface area (TPSA) is 69.4 Å². The van der Waals surface area contributed by atoms with Crippen molar-refractivity contribution in [3.05, 3.63) is 52.1 Å². The van der Waals surface area contributed by atoms with Gasteiger partial charge in [0.2, 0.25) is 0 Å². The van der Waals surface area contributed by atoms with Crippen LogP contribution in [0.3, 0.4) is 0 Å². The van der Waals surface area contributed by atoms with Gasteiger partial charge in [0.25, 0.3) is 5.69 Å². The second-order valence-electron chi connectivity index (χ2n) is 3.94. The number of benzene rings is 1. The number of nitrogens with zero attached hydrogens (tertiary/aromatic N) is 1. The van der Waals surface area contributed by atoms with Crippen molar-refractivity contribution >= 4 is 11.7 Å². The zero-order valence-electron chi connectivity index (χ0n) is 10.2. The lowest BCUT2D eigenvalue weighted by Crippen LogP contribution is -2.06. The number of nitro groups is 1. The van der Waals surface area contributed by atoms with Gasteiger partial charge in [-0.05, 0) is 25.3 Å². The Labute approximate surface area is 105 Å². The number of esters is 1. The van der Waals surface area contributed by atoms with Gasteiger partial charge in [-0.3, -0.25) is 10.1 Å². The molecule has 0 saturated carbocycles. The number of carbonyl (C=O) groups excluding carboxylic acids is 1. The first-order valence-electron chi connectivity index (χ1n) is 5.56. The van der Waals surface area contributed by atoms with Gasteiger partial charge < -0.3 is 4.74 Å². The van der Waals surface area contributed by atoms with E-state index in [1.54, 1.807) is 19.1 Å². The van der Waals surface area contributed by atoms with Crippen LogP contribution in [-0.4, -0.2) is 17.5 Å². The largest absolute Gasteiger partial charge is 0.462 e. The summed E-state index contributed by atoms with van der Waals surface area (Å²) in [5.74, 6) is -0.390. The van der Waals surface area contributed by atoms with E-state index in [9.17, 15) is 14.9 Å². The lowest BCUT2D eigenvalue weighted by atomic mass is 10.1. The Bertz CT molecular complexity index is 451. The number of carbonyl (C=O) groups is 1. The van der Waals surface area contributed by atoms with Crippen LogP contribution in [0.2, 0.25) is 0 Å². The molecule has 0 aromatic heterocycles. The molecular formula is C13H15NO4. The van der Waals surface area contributed by atoms with E-state index in [1.807, 2.05) is 0 Å². The first kappa shape index (κ1) is 13.9. The molecule has 18 heavy (non-hydrogen) atoms. The number of aryl methyl sites for hydroxylation is 1. The lowest BCUT2D eigenvalue weighted by molar-refractivity contribution is -0.384. The molecule has 1 aromatic carbocycles. The smallest absolute Gasteiger partial charge is 0.333 e. The van der Waals surface area contributed by atoms with E-state index >= 15 is 0 Å². The first-order valence-corrected chi connectivity index (χ1v) is 5.56. The van der Waals surface area contributed by atoms with Crippen LogP contribution in [0.5, 0.6) is 0 Å². The van der Waals surface area contributed by atoms with Gasteiger partial charge in [0.15, 0.2) is 0 Å². The van der Waals surface area contributed by atoms with Crippen LogP contribution in [0.1, 0.15) is 18.9 Å². The van der Waals surface area contributed by atoms with Gasteiger partial charge in [-0.1, -0.05) is 18.7 Å². The Kier molecular flexibility index (Phi) is 5.05. The Morgan fingerprint density at radius 2 is 2.00 bits per heavy atom. The molecule has 0 unspecified atom stereocenters. The van der Waals surface area contributed by atoms with Crippen molar-refractivity contribution < 1.29 is 14.5 Å². The van der Waals surface area contributed by atoms with E-state index in [0.29, 0.717) is 25.0 Å². The number of hydrogen-bond acceptors (Lipinski definition) is 4. The second kappa shape index (κ2) is 6.54. The fourth-order valence-electron chi connectivity index (χ4n) is 1.35. The van der Waals surface area contributed by atoms with Crippen LogP contribution >= 0.6 is 0 Å². The van der Waals surface area contributed by atoms with Gasteiger partial charge in [0.1, 0.15) is 0 Å². The van der Waals surface area contributed by atoms with Gasteiger partial charge in [-0.25, -0.2) is 4.79 Å². The fraction of sp³-hybridized carbons (Fsp3) is 0.308. The standard InChI is InChI=1S/C13H15NO4/c1-10(2)13(15)18-9-3-4-11-5-7-12(8-6-11)14(16)17/h5-8H,1,3-4,9H2,2H3. The molecule has 0 aliphatic heterocycles. The van der Waals surface area contributed by atoms with Crippen molar-refractivity contribution in [1.29, 1.82) is 0 Å². The molecule has 96 valence electrons. The minimum absolute atomic E-state index is 0.0764. The van der Waals surface area contributed by atoms with E-state index in [4.69, 9.17) is 4.74 Å². The van der Waals surface area contributed by atoms with Gasteiger partial charge in [-0.2, -0.15) is 0 Å². The minimum atomic E-state index is -0.432. The maximum absolute atomic E-state index is 11.1. The van der Waals surface area contributed by atoms with Crippen molar-refractivity contribution in [2.45, 2.75) is 19.8 Å². The van der Waals surface area contributed by atoms with E-state index in [-0.39, 0.29) is 5.69 Å². The lowest BCUT2D eigenvalue weighted by Gasteiger charge is -2.04.